The third-order valence-electron chi connectivity index (χ3n) is 3.53. The van der Waals surface area contributed by atoms with Crippen molar-refractivity contribution in [2.45, 2.75) is 67.7 Å². The van der Waals surface area contributed by atoms with Crippen LogP contribution < -0.4 is 0 Å². The van der Waals surface area contributed by atoms with Gasteiger partial charge >= 0.3 is 0 Å². The highest BCUT2D eigenvalue weighted by Gasteiger charge is 2.28. The van der Waals surface area contributed by atoms with E-state index in [1.807, 2.05) is 0 Å². The van der Waals surface area contributed by atoms with Gasteiger partial charge in [-0.15, -0.1) is 0 Å². The van der Waals surface area contributed by atoms with E-state index >= 15 is 0 Å². The molecule has 0 nitrogen and oxygen atoms in total. The first-order valence-electron chi connectivity index (χ1n) is 6.29. The van der Waals surface area contributed by atoms with E-state index in [-0.39, 0.29) is 0 Å². The summed E-state index contributed by atoms with van der Waals surface area (Å²) in [6.07, 6.45) is 4.08. The van der Waals surface area contributed by atoms with Crippen LogP contribution in [0.1, 0.15) is 67.7 Å². The molecule has 0 bridgehead atoms. The molecule has 86 valence electrons. The zero-order chi connectivity index (χ0) is 11.4. The fraction of sp³-hybridized carbons (Fsp3) is 1.00. The number of hydrogen-bond acceptors (Lipinski definition) is 0. The normalized spacial score (nSPS) is 13.3. The van der Waals surface area contributed by atoms with E-state index in [2.05, 4.69) is 48.5 Å². The monoisotopic (exact) mass is 198 g/mol. The van der Waals surface area contributed by atoms with Crippen molar-refractivity contribution >= 4 is 0 Å². The summed E-state index contributed by atoms with van der Waals surface area (Å²) in [4.78, 5) is 0. The first-order chi connectivity index (χ1) is 6.29. The molecule has 0 saturated heterocycles. The quantitative estimate of drug-likeness (QED) is 0.555. The van der Waals surface area contributed by atoms with Gasteiger partial charge in [-0.1, -0.05) is 54.9 Å². The number of rotatable bonds is 6. The Morgan fingerprint density at radius 2 is 1.21 bits per heavy atom. The van der Waals surface area contributed by atoms with Crippen molar-refractivity contribution in [2.24, 2.45) is 23.2 Å². The molecule has 0 aliphatic carbocycles. The fourth-order valence-electron chi connectivity index (χ4n) is 2.16. The van der Waals surface area contributed by atoms with E-state index in [4.69, 9.17) is 0 Å². The summed E-state index contributed by atoms with van der Waals surface area (Å²) in [6.45, 7) is 16.6. The van der Waals surface area contributed by atoms with Crippen molar-refractivity contribution in [3.8, 4) is 0 Å². The van der Waals surface area contributed by atoms with Gasteiger partial charge in [-0.25, -0.2) is 0 Å². The lowest BCUT2D eigenvalue weighted by Crippen LogP contribution is -2.26. The maximum absolute atomic E-state index is 2.43. The van der Waals surface area contributed by atoms with Crippen molar-refractivity contribution in [3.05, 3.63) is 0 Å². The molecule has 0 aromatic carbocycles. The average Bonchev–Trinajstić information content (AvgIpc) is 2.01. The van der Waals surface area contributed by atoms with Crippen LogP contribution in [-0.4, -0.2) is 0 Å². The van der Waals surface area contributed by atoms with Crippen LogP contribution in [0.4, 0.5) is 0 Å². The fourth-order valence-corrected chi connectivity index (χ4v) is 2.16. The molecule has 0 aromatic heterocycles. The highest BCUT2D eigenvalue weighted by atomic mass is 14.3. The molecule has 0 aromatic rings. The van der Waals surface area contributed by atoms with Crippen LogP contribution in [0.3, 0.4) is 0 Å². The van der Waals surface area contributed by atoms with E-state index in [9.17, 15) is 0 Å². The molecule has 0 aliphatic rings. The molecule has 0 rings (SSSR count). The van der Waals surface area contributed by atoms with Gasteiger partial charge in [-0.2, -0.15) is 0 Å². The molecule has 0 radical (unpaired) electrons. The second-order valence-electron chi connectivity index (χ2n) is 6.30. The van der Waals surface area contributed by atoms with E-state index in [0.29, 0.717) is 5.41 Å². The lowest BCUT2D eigenvalue weighted by Gasteiger charge is -2.36. The molecule has 0 amide bonds. The van der Waals surface area contributed by atoms with Crippen LogP contribution in [0.5, 0.6) is 0 Å². The van der Waals surface area contributed by atoms with Crippen LogP contribution in [0.15, 0.2) is 0 Å². The topological polar surface area (TPSA) is 0 Å². The molecular weight excluding hydrogens is 168 g/mol. The second kappa shape index (κ2) is 5.78. The van der Waals surface area contributed by atoms with Gasteiger partial charge in [-0.05, 0) is 36.0 Å². The lowest BCUT2D eigenvalue weighted by atomic mass is 9.70. The number of hydrogen-bond donors (Lipinski definition) is 0. The average molecular weight is 198 g/mol. The third kappa shape index (κ3) is 5.02. The van der Waals surface area contributed by atoms with E-state index < -0.39 is 0 Å². The van der Waals surface area contributed by atoms with Gasteiger partial charge in [0.25, 0.3) is 0 Å². The van der Waals surface area contributed by atoms with Crippen LogP contribution >= 0.6 is 0 Å². The molecule has 0 N–H and O–H groups in total. The maximum Gasteiger partial charge on any atom is -0.0328 e. The molecule has 0 saturated carbocycles. The van der Waals surface area contributed by atoms with Crippen molar-refractivity contribution in [1.82, 2.24) is 0 Å². The van der Waals surface area contributed by atoms with Crippen molar-refractivity contribution < 1.29 is 0 Å². The minimum Gasteiger partial charge on any atom is -0.0649 e. The zero-order valence-corrected chi connectivity index (χ0v) is 11.4. The third-order valence-corrected chi connectivity index (χ3v) is 3.53. The van der Waals surface area contributed by atoms with Gasteiger partial charge in [0.1, 0.15) is 0 Å². The molecule has 0 fully saturated rings. The van der Waals surface area contributed by atoms with Gasteiger partial charge in [0, 0.05) is 0 Å². The summed E-state index contributed by atoms with van der Waals surface area (Å²) in [6, 6.07) is 0. The van der Waals surface area contributed by atoms with E-state index in [0.717, 1.165) is 17.8 Å². The van der Waals surface area contributed by atoms with Gasteiger partial charge in [0.2, 0.25) is 0 Å². The Bertz CT molecular complexity index is 132. The largest absolute Gasteiger partial charge is 0.0649 e. The second-order valence-corrected chi connectivity index (χ2v) is 6.30. The molecule has 0 heteroatoms. The molecule has 0 atom stereocenters. The van der Waals surface area contributed by atoms with Gasteiger partial charge in [-0.3, -0.25) is 0 Å². The minimum absolute atomic E-state index is 0.522. The summed E-state index contributed by atoms with van der Waals surface area (Å²) in [5.74, 6) is 2.57. The van der Waals surface area contributed by atoms with Crippen molar-refractivity contribution in [1.29, 1.82) is 0 Å². The van der Waals surface area contributed by atoms with Crippen LogP contribution in [0.2, 0.25) is 0 Å². The van der Waals surface area contributed by atoms with Crippen LogP contribution in [-0.2, 0) is 0 Å². The Balaban J connectivity index is 4.38. The molecule has 14 heavy (non-hydrogen) atoms. The van der Waals surface area contributed by atoms with E-state index in [1.54, 1.807) is 0 Å². The highest BCUT2D eigenvalue weighted by Crippen LogP contribution is 2.38. The summed E-state index contributed by atoms with van der Waals surface area (Å²) >= 11 is 0. The molecular formula is C14H30. The smallest absolute Gasteiger partial charge is 0.0328 e. The van der Waals surface area contributed by atoms with Gasteiger partial charge in [0.05, 0.1) is 0 Å². The molecule has 0 aliphatic heterocycles. The maximum atomic E-state index is 2.43. The summed E-state index contributed by atoms with van der Waals surface area (Å²) in [7, 11) is 0. The standard InChI is InChI=1S/C14H30/c1-8-14(6,7)13(9-11(2)3)10-12(4)5/h11-13H,8-10H2,1-7H3. The summed E-state index contributed by atoms with van der Waals surface area (Å²) in [5.41, 5.74) is 0.522. The predicted molar refractivity (Wildman–Crippen MR) is 66.5 cm³/mol. The zero-order valence-electron chi connectivity index (χ0n) is 11.4. The predicted octanol–water partition coefficient (Wildman–Crippen LogP) is 5.13. The Morgan fingerprint density at radius 3 is 1.43 bits per heavy atom. The molecule has 0 spiro atoms. The van der Waals surface area contributed by atoms with Crippen molar-refractivity contribution in [3.63, 3.8) is 0 Å². The van der Waals surface area contributed by atoms with Gasteiger partial charge in [0.15, 0.2) is 0 Å². The highest BCUT2D eigenvalue weighted by molar-refractivity contribution is 4.78. The van der Waals surface area contributed by atoms with Gasteiger partial charge < -0.3 is 0 Å². The van der Waals surface area contributed by atoms with Crippen LogP contribution in [0, 0.1) is 23.2 Å². The van der Waals surface area contributed by atoms with Crippen LogP contribution in [0.25, 0.3) is 0 Å². The Hall–Kier alpha value is 0. The molecule has 0 unspecified atom stereocenters. The Labute approximate surface area is 91.5 Å². The van der Waals surface area contributed by atoms with Crippen molar-refractivity contribution in [2.75, 3.05) is 0 Å². The Morgan fingerprint density at radius 1 is 0.857 bits per heavy atom. The Kier molecular flexibility index (Phi) is 5.78. The SMILES string of the molecule is CCC(C)(C)C(CC(C)C)CC(C)C. The van der Waals surface area contributed by atoms with E-state index in [1.165, 1.54) is 19.3 Å². The summed E-state index contributed by atoms with van der Waals surface area (Å²) in [5, 5.41) is 0. The minimum atomic E-state index is 0.522. The summed E-state index contributed by atoms with van der Waals surface area (Å²) < 4.78 is 0. The molecule has 0 heterocycles. The first kappa shape index (κ1) is 14.0. The lowest BCUT2D eigenvalue weighted by molar-refractivity contribution is 0.147. The first-order valence-corrected chi connectivity index (χ1v) is 6.29.